The van der Waals surface area contributed by atoms with Crippen molar-refractivity contribution in [1.29, 1.82) is 5.26 Å². The first-order chi connectivity index (χ1) is 8.65. The molecule has 1 unspecified atom stereocenters. The Labute approximate surface area is 111 Å². The highest BCUT2D eigenvalue weighted by Gasteiger charge is 2.07. The molecule has 4 nitrogen and oxygen atoms in total. The summed E-state index contributed by atoms with van der Waals surface area (Å²) in [5.74, 6) is 1.32. The first kappa shape index (κ1) is 14.4. The van der Waals surface area contributed by atoms with Crippen LogP contribution in [0, 0.1) is 11.3 Å². The van der Waals surface area contributed by atoms with Crippen molar-refractivity contribution >= 4 is 17.7 Å². The maximum absolute atomic E-state index is 11.5. The molecule has 5 heteroatoms. The lowest BCUT2D eigenvalue weighted by Gasteiger charge is -2.12. The van der Waals surface area contributed by atoms with Gasteiger partial charge in [-0.05, 0) is 37.4 Å². The van der Waals surface area contributed by atoms with Crippen molar-refractivity contribution < 1.29 is 9.53 Å². The largest absolute Gasteiger partial charge is 0.484 e. The number of amides is 1. The molecule has 1 N–H and O–H groups in total. The molecule has 1 amide bonds. The van der Waals surface area contributed by atoms with E-state index >= 15 is 0 Å². The molecule has 0 fully saturated rings. The lowest BCUT2D eigenvalue weighted by molar-refractivity contribution is -0.123. The number of carbonyl (C=O) groups excluding carboxylic acids is 1. The fourth-order valence-electron chi connectivity index (χ4n) is 1.38. The molecule has 0 aliphatic carbocycles. The first-order valence-electron chi connectivity index (χ1n) is 5.57. The Kier molecular flexibility index (Phi) is 6.09. The average molecular weight is 264 g/mol. The fraction of sp³-hybridized carbons (Fsp3) is 0.385. The van der Waals surface area contributed by atoms with Gasteiger partial charge in [0.1, 0.15) is 5.75 Å². The van der Waals surface area contributed by atoms with Crippen LogP contribution < -0.4 is 10.1 Å². The van der Waals surface area contributed by atoms with Crippen LogP contribution in [-0.2, 0) is 4.79 Å². The van der Waals surface area contributed by atoms with Gasteiger partial charge >= 0.3 is 0 Å². The van der Waals surface area contributed by atoms with Crippen molar-refractivity contribution in [3.8, 4) is 11.8 Å². The molecular weight excluding hydrogens is 248 g/mol. The van der Waals surface area contributed by atoms with Gasteiger partial charge in [0.05, 0.1) is 11.6 Å². The zero-order valence-electron chi connectivity index (χ0n) is 10.5. The van der Waals surface area contributed by atoms with Crippen molar-refractivity contribution in [2.24, 2.45) is 0 Å². The molecule has 18 heavy (non-hydrogen) atoms. The lowest BCUT2D eigenvalue weighted by Crippen LogP contribution is -2.37. The quantitative estimate of drug-likeness (QED) is 0.851. The minimum absolute atomic E-state index is 0.00930. The van der Waals surface area contributed by atoms with Gasteiger partial charge in [-0.1, -0.05) is 0 Å². The molecule has 1 rings (SSSR count). The average Bonchev–Trinajstić information content (AvgIpc) is 2.37. The lowest BCUT2D eigenvalue weighted by atomic mass is 10.2. The van der Waals surface area contributed by atoms with Gasteiger partial charge in [-0.25, -0.2) is 0 Å². The van der Waals surface area contributed by atoms with Gasteiger partial charge in [0.15, 0.2) is 6.61 Å². The zero-order valence-corrected chi connectivity index (χ0v) is 11.3. The van der Waals surface area contributed by atoms with Crippen molar-refractivity contribution in [3.63, 3.8) is 0 Å². The number of nitrogens with zero attached hydrogens (tertiary/aromatic N) is 1. The van der Waals surface area contributed by atoms with E-state index in [4.69, 9.17) is 10.00 Å². The highest BCUT2D eigenvalue weighted by molar-refractivity contribution is 7.98. The summed E-state index contributed by atoms with van der Waals surface area (Å²) in [4.78, 5) is 11.5. The van der Waals surface area contributed by atoms with Crippen LogP contribution in [0.5, 0.6) is 5.75 Å². The maximum atomic E-state index is 11.5. The third kappa shape index (κ3) is 5.11. The Morgan fingerprint density at radius 3 is 2.72 bits per heavy atom. The van der Waals surface area contributed by atoms with Gasteiger partial charge < -0.3 is 10.1 Å². The second-order valence-electron chi connectivity index (χ2n) is 3.85. The number of hydrogen-bond acceptors (Lipinski definition) is 4. The summed E-state index contributed by atoms with van der Waals surface area (Å²) in [5.41, 5.74) is 0.570. The van der Waals surface area contributed by atoms with Crippen LogP contribution in [0.25, 0.3) is 0 Å². The Bertz CT molecular complexity index is 426. The minimum atomic E-state index is -0.138. The summed E-state index contributed by atoms with van der Waals surface area (Å²) < 4.78 is 5.32. The molecule has 96 valence electrons. The number of carbonyl (C=O) groups is 1. The third-order valence-corrected chi connectivity index (χ3v) is 3.01. The predicted molar refractivity (Wildman–Crippen MR) is 72.6 cm³/mol. The highest BCUT2D eigenvalue weighted by Crippen LogP contribution is 2.11. The molecule has 0 radical (unpaired) electrons. The Hall–Kier alpha value is -1.67. The standard InChI is InChI=1S/C13H16N2O2S/c1-10(9-18-2)15-13(16)8-17-12-5-3-11(7-14)4-6-12/h3-6,10H,8-9H2,1-2H3,(H,15,16). The van der Waals surface area contributed by atoms with Crippen LogP contribution in [0.2, 0.25) is 0 Å². The molecule has 0 aromatic heterocycles. The SMILES string of the molecule is CSCC(C)NC(=O)COc1ccc(C#N)cc1. The minimum Gasteiger partial charge on any atom is -0.484 e. The number of benzene rings is 1. The smallest absolute Gasteiger partial charge is 0.258 e. The monoisotopic (exact) mass is 264 g/mol. The van der Waals surface area contributed by atoms with E-state index in [2.05, 4.69) is 5.32 Å². The van der Waals surface area contributed by atoms with Crippen molar-refractivity contribution in [1.82, 2.24) is 5.32 Å². The molecule has 0 bridgehead atoms. The Morgan fingerprint density at radius 2 is 2.17 bits per heavy atom. The number of hydrogen-bond donors (Lipinski definition) is 1. The molecule has 1 aromatic carbocycles. The zero-order chi connectivity index (χ0) is 13.4. The summed E-state index contributed by atoms with van der Waals surface area (Å²) in [7, 11) is 0. The molecule has 1 atom stereocenters. The van der Waals surface area contributed by atoms with Crippen LogP contribution in [0.15, 0.2) is 24.3 Å². The Morgan fingerprint density at radius 1 is 1.50 bits per heavy atom. The van der Waals surface area contributed by atoms with Gasteiger partial charge in [-0.2, -0.15) is 17.0 Å². The van der Waals surface area contributed by atoms with E-state index in [9.17, 15) is 4.79 Å². The molecule has 0 spiro atoms. The summed E-state index contributed by atoms with van der Waals surface area (Å²) >= 11 is 1.68. The second-order valence-corrected chi connectivity index (χ2v) is 4.76. The molecule has 0 saturated heterocycles. The highest BCUT2D eigenvalue weighted by atomic mass is 32.2. The summed E-state index contributed by atoms with van der Waals surface area (Å²) in [6.07, 6.45) is 2.00. The molecule has 0 saturated carbocycles. The van der Waals surface area contributed by atoms with Gasteiger partial charge in [0.25, 0.3) is 5.91 Å². The van der Waals surface area contributed by atoms with Crippen molar-refractivity contribution in [3.05, 3.63) is 29.8 Å². The van der Waals surface area contributed by atoms with E-state index in [-0.39, 0.29) is 18.6 Å². The van der Waals surface area contributed by atoms with E-state index in [0.717, 1.165) is 5.75 Å². The molecule has 0 aliphatic heterocycles. The summed E-state index contributed by atoms with van der Waals surface area (Å²) in [6, 6.07) is 8.83. The number of rotatable bonds is 6. The van der Waals surface area contributed by atoms with E-state index < -0.39 is 0 Å². The van der Waals surface area contributed by atoms with E-state index in [1.807, 2.05) is 19.2 Å². The van der Waals surface area contributed by atoms with E-state index in [1.165, 1.54) is 0 Å². The first-order valence-corrected chi connectivity index (χ1v) is 6.96. The number of nitrogens with one attached hydrogen (secondary N) is 1. The molecule has 0 aliphatic rings. The molecule has 1 aromatic rings. The van der Waals surface area contributed by atoms with Crippen molar-refractivity contribution in [2.75, 3.05) is 18.6 Å². The topological polar surface area (TPSA) is 62.1 Å². The van der Waals surface area contributed by atoms with Gasteiger partial charge in [-0.3, -0.25) is 4.79 Å². The van der Waals surface area contributed by atoms with Crippen LogP contribution in [0.4, 0.5) is 0 Å². The molecular formula is C13H16N2O2S. The number of ether oxygens (including phenoxy) is 1. The van der Waals surface area contributed by atoms with E-state index in [0.29, 0.717) is 11.3 Å². The van der Waals surface area contributed by atoms with Crippen LogP contribution in [0.1, 0.15) is 12.5 Å². The number of thioether (sulfide) groups is 1. The number of nitriles is 1. The normalized spacial score (nSPS) is 11.4. The van der Waals surface area contributed by atoms with Gasteiger partial charge in [0, 0.05) is 11.8 Å². The predicted octanol–water partition coefficient (Wildman–Crippen LogP) is 1.80. The van der Waals surface area contributed by atoms with Crippen LogP contribution >= 0.6 is 11.8 Å². The van der Waals surface area contributed by atoms with Crippen molar-refractivity contribution in [2.45, 2.75) is 13.0 Å². The van der Waals surface area contributed by atoms with Crippen LogP contribution in [-0.4, -0.2) is 30.6 Å². The molecule has 0 heterocycles. The van der Waals surface area contributed by atoms with Gasteiger partial charge in [-0.15, -0.1) is 0 Å². The summed E-state index contributed by atoms with van der Waals surface area (Å²) in [6.45, 7) is 1.95. The van der Waals surface area contributed by atoms with Gasteiger partial charge in [0.2, 0.25) is 0 Å². The third-order valence-electron chi connectivity index (χ3n) is 2.18. The van der Waals surface area contributed by atoms with Crippen LogP contribution in [0.3, 0.4) is 0 Å². The Balaban J connectivity index is 2.35. The summed E-state index contributed by atoms with van der Waals surface area (Å²) in [5, 5.41) is 11.5. The second kappa shape index (κ2) is 7.62. The maximum Gasteiger partial charge on any atom is 0.258 e. The fourth-order valence-corrected chi connectivity index (χ4v) is 1.97. The van der Waals surface area contributed by atoms with E-state index in [1.54, 1.807) is 36.0 Å².